The van der Waals surface area contributed by atoms with Gasteiger partial charge in [0, 0.05) is 23.2 Å². The van der Waals surface area contributed by atoms with E-state index in [9.17, 15) is 14.7 Å². The maximum atomic E-state index is 13.4. The number of benzene rings is 2. The molecule has 0 spiro atoms. The van der Waals surface area contributed by atoms with Gasteiger partial charge in [0.15, 0.2) is 0 Å². The van der Waals surface area contributed by atoms with Crippen LogP contribution < -0.4 is 5.69 Å². The van der Waals surface area contributed by atoms with E-state index in [-0.39, 0.29) is 5.69 Å². The number of carboxylic acid groups (broad SMARTS) is 1. The number of rotatable bonds is 6. The summed E-state index contributed by atoms with van der Waals surface area (Å²) < 4.78 is 3.24. The van der Waals surface area contributed by atoms with Crippen LogP contribution in [-0.4, -0.2) is 25.2 Å². The zero-order valence-corrected chi connectivity index (χ0v) is 21.1. The molecule has 0 amide bonds. The van der Waals surface area contributed by atoms with Crippen molar-refractivity contribution in [3.05, 3.63) is 85.9 Å². The van der Waals surface area contributed by atoms with Gasteiger partial charge in [-0.25, -0.2) is 4.79 Å². The molecule has 4 aromatic rings. The van der Waals surface area contributed by atoms with Gasteiger partial charge in [0.1, 0.15) is 0 Å². The van der Waals surface area contributed by atoms with Crippen molar-refractivity contribution < 1.29 is 9.90 Å². The van der Waals surface area contributed by atoms with Crippen molar-refractivity contribution in [3.8, 4) is 11.3 Å². The summed E-state index contributed by atoms with van der Waals surface area (Å²) in [6, 6.07) is 12.6. The Morgan fingerprint density at radius 1 is 1.11 bits per heavy atom. The van der Waals surface area contributed by atoms with Crippen molar-refractivity contribution in [1.82, 2.24) is 14.1 Å². The minimum absolute atomic E-state index is 0.206. The number of carboxylic acids is 1. The van der Waals surface area contributed by atoms with Crippen LogP contribution in [0.15, 0.2) is 53.5 Å². The van der Waals surface area contributed by atoms with Gasteiger partial charge >= 0.3 is 11.7 Å². The molecule has 1 aliphatic carbocycles. The normalized spacial score (nSPS) is 15.3. The van der Waals surface area contributed by atoms with Crippen LogP contribution in [0, 0.1) is 0 Å². The lowest BCUT2D eigenvalue weighted by molar-refractivity contribution is -0.138. The van der Waals surface area contributed by atoms with Crippen molar-refractivity contribution in [2.45, 2.75) is 44.6 Å². The third kappa shape index (κ3) is 3.95. The molecule has 0 saturated heterocycles. The molecule has 0 aliphatic heterocycles. The van der Waals surface area contributed by atoms with Gasteiger partial charge in [-0.2, -0.15) is 0 Å². The lowest BCUT2D eigenvalue weighted by Crippen LogP contribution is -2.25. The third-order valence-corrected chi connectivity index (χ3v) is 7.78. The quantitative estimate of drug-likeness (QED) is 0.326. The van der Waals surface area contributed by atoms with Crippen LogP contribution >= 0.6 is 23.2 Å². The predicted molar refractivity (Wildman–Crippen MR) is 139 cm³/mol. The molecular weight excluding hydrogens is 485 g/mol. The van der Waals surface area contributed by atoms with E-state index >= 15 is 0 Å². The van der Waals surface area contributed by atoms with E-state index in [1.54, 1.807) is 35.4 Å². The molecule has 6 nitrogen and oxygen atoms in total. The lowest BCUT2D eigenvalue weighted by atomic mass is 9.93. The fourth-order valence-corrected chi connectivity index (χ4v) is 5.67. The van der Waals surface area contributed by atoms with Crippen LogP contribution in [-0.2, 0) is 11.8 Å². The number of aliphatic carboxylic acids is 1. The first-order valence-corrected chi connectivity index (χ1v) is 12.3. The van der Waals surface area contributed by atoms with Crippen molar-refractivity contribution in [1.29, 1.82) is 0 Å². The summed E-state index contributed by atoms with van der Waals surface area (Å²) in [4.78, 5) is 29.7. The van der Waals surface area contributed by atoms with E-state index in [1.807, 2.05) is 43.3 Å². The molecule has 2 aromatic heterocycles. The van der Waals surface area contributed by atoms with Crippen molar-refractivity contribution in [2.75, 3.05) is 0 Å². The van der Waals surface area contributed by atoms with Crippen LogP contribution in [0.1, 0.15) is 61.3 Å². The maximum Gasteiger partial charge on any atom is 0.329 e. The second-order valence-corrected chi connectivity index (χ2v) is 10.0. The molecule has 0 bridgehead atoms. The van der Waals surface area contributed by atoms with E-state index in [2.05, 4.69) is 4.98 Å². The predicted octanol–water partition coefficient (Wildman–Crippen LogP) is 6.38. The highest BCUT2D eigenvalue weighted by Gasteiger charge is 2.30. The molecule has 1 unspecified atom stereocenters. The molecule has 35 heavy (non-hydrogen) atoms. The SMILES string of the molecule is CC(C(=O)O)c1ccccc1-c1cc2c(cn1)n(C)c(=O)n2[C@H](C)c1c(Cl)ccc(C2CC2)c1Cl. The summed E-state index contributed by atoms with van der Waals surface area (Å²) in [5.41, 5.74) is 4.91. The molecule has 2 heterocycles. The van der Waals surface area contributed by atoms with Crippen molar-refractivity contribution >= 4 is 40.2 Å². The maximum absolute atomic E-state index is 13.4. The van der Waals surface area contributed by atoms with Crippen LogP contribution in [0.2, 0.25) is 10.0 Å². The van der Waals surface area contributed by atoms with E-state index in [1.165, 1.54) is 0 Å². The first-order chi connectivity index (χ1) is 16.7. The lowest BCUT2D eigenvalue weighted by Gasteiger charge is -2.20. The highest BCUT2D eigenvalue weighted by Crippen LogP contribution is 2.47. The van der Waals surface area contributed by atoms with Gasteiger partial charge in [0.05, 0.1) is 39.9 Å². The monoisotopic (exact) mass is 509 g/mol. The first-order valence-electron chi connectivity index (χ1n) is 11.6. The molecule has 2 atom stereocenters. The van der Waals surface area contributed by atoms with Gasteiger partial charge in [-0.3, -0.25) is 18.9 Å². The summed E-state index contributed by atoms with van der Waals surface area (Å²) in [5.74, 6) is -1.18. The van der Waals surface area contributed by atoms with Crippen molar-refractivity contribution in [2.24, 2.45) is 7.05 Å². The molecule has 5 rings (SSSR count). The zero-order chi connectivity index (χ0) is 25.0. The Balaban J connectivity index is 1.70. The van der Waals surface area contributed by atoms with Gasteiger partial charge in [0.2, 0.25) is 0 Å². The van der Waals surface area contributed by atoms with E-state index < -0.39 is 17.9 Å². The minimum atomic E-state index is -0.913. The Bertz CT molecular complexity index is 1530. The Hall–Kier alpha value is -3.09. The van der Waals surface area contributed by atoms with E-state index in [4.69, 9.17) is 23.2 Å². The summed E-state index contributed by atoms with van der Waals surface area (Å²) in [7, 11) is 1.71. The van der Waals surface area contributed by atoms with Crippen LogP contribution in [0.5, 0.6) is 0 Å². The number of aromatic nitrogens is 3. The van der Waals surface area contributed by atoms with Gasteiger partial charge in [-0.05, 0) is 55.9 Å². The number of hydrogen-bond donors (Lipinski definition) is 1. The standard InChI is InChI=1S/C27H25Cl2N3O3/c1-14(26(33)34)17-6-4-5-7-19(17)21-12-22-23(13-30-21)31(3)27(35)32(22)15(2)24-20(28)11-10-18(25(24)29)16-8-9-16/h4-7,10-16H,8-9H2,1-3H3,(H,33,34)/t14?,15-/m1/s1. The molecular formula is C27H25Cl2N3O3. The minimum Gasteiger partial charge on any atom is -0.481 e. The Morgan fingerprint density at radius 3 is 2.51 bits per heavy atom. The number of carbonyl (C=O) groups is 1. The summed E-state index contributed by atoms with van der Waals surface area (Å²) in [6.45, 7) is 3.57. The highest BCUT2D eigenvalue weighted by molar-refractivity contribution is 6.36. The molecule has 2 aromatic carbocycles. The molecule has 0 radical (unpaired) electrons. The number of halogens is 2. The average molecular weight is 510 g/mol. The Morgan fingerprint density at radius 2 is 1.83 bits per heavy atom. The topological polar surface area (TPSA) is 77.1 Å². The number of nitrogens with zero attached hydrogens (tertiary/aromatic N) is 3. The number of hydrogen-bond acceptors (Lipinski definition) is 3. The molecule has 1 N–H and O–H groups in total. The molecule has 8 heteroatoms. The van der Waals surface area contributed by atoms with Gasteiger partial charge in [0.25, 0.3) is 0 Å². The van der Waals surface area contributed by atoms with Gasteiger partial charge < -0.3 is 5.11 Å². The number of aryl methyl sites for hydroxylation is 1. The molecule has 1 saturated carbocycles. The van der Waals surface area contributed by atoms with Crippen LogP contribution in [0.25, 0.3) is 22.3 Å². The number of fused-ring (bicyclic) bond motifs is 1. The van der Waals surface area contributed by atoms with E-state index in [0.717, 1.165) is 24.0 Å². The molecule has 1 fully saturated rings. The summed E-state index contributed by atoms with van der Waals surface area (Å²) in [5, 5.41) is 10.7. The Kier molecular flexibility index (Phi) is 5.98. The fourth-order valence-electron chi connectivity index (χ4n) is 4.83. The second-order valence-electron chi connectivity index (χ2n) is 9.23. The molecule has 180 valence electrons. The smallest absolute Gasteiger partial charge is 0.329 e. The first kappa shape index (κ1) is 23.6. The van der Waals surface area contributed by atoms with Gasteiger partial charge in [-0.1, -0.05) is 53.5 Å². The van der Waals surface area contributed by atoms with Crippen molar-refractivity contribution in [3.63, 3.8) is 0 Å². The molecule has 1 aliphatic rings. The number of pyridine rings is 1. The zero-order valence-electron chi connectivity index (χ0n) is 19.6. The van der Waals surface area contributed by atoms with Crippen LogP contribution in [0.4, 0.5) is 0 Å². The van der Waals surface area contributed by atoms with Crippen LogP contribution in [0.3, 0.4) is 0 Å². The third-order valence-electron chi connectivity index (χ3n) is 7.03. The average Bonchev–Trinajstić information content (AvgIpc) is 3.65. The van der Waals surface area contributed by atoms with Gasteiger partial charge in [-0.15, -0.1) is 0 Å². The Labute approximate surface area is 212 Å². The summed E-state index contributed by atoms with van der Waals surface area (Å²) >= 11 is 13.5. The highest BCUT2D eigenvalue weighted by atomic mass is 35.5. The number of imidazole rings is 1. The van der Waals surface area contributed by atoms with E-state index in [0.29, 0.717) is 43.8 Å². The largest absolute Gasteiger partial charge is 0.481 e. The summed E-state index contributed by atoms with van der Waals surface area (Å²) in [6.07, 6.45) is 3.86. The second kappa shape index (κ2) is 8.85. The fraction of sp³-hybridized carbons (Fsp3) is 0.296.